The van der Waals surface area contributed by atoms with Crippen LogP contribution in [0.2, 0.25) is 5.02 Å². The highest BCUT2D eigenvalue weighted by molar-refractivity contribution is 6.36. The lowest BCUT2D eigenvalue weighted by Gasteiger charge is -2.00. The minimum Gasteiger partial charge on any atom is -0.345 e. The number of pyridine rings is 1. The van der Waals surface area contributed by atoms with E-state index in [0.717, 1.165) is 18.2 Å². The van der Waals surface area contributed by atoms with E-state index in [1.165, 1.54) is 12.8 Å². The summed E-state index contributed by atoms with van der Waals surface area (Å²) in [5.41, 5.74) is 1.35. The summed E-state index contributed by atoms with van der Waals surface area (Å²) in [7, 11) is 0. The lowest BCUT2D eigenvalue weighted by atomic mass is 10.0. The van der Waals surface area contributed by atoms with E-state index < -0.39 is 0 Å². The van der Waals surface area contributed by atoms with Gasteiger partial charge >= 0.3 is 0 Å². The maximum Gasteiger partial charge on any atom is 0.165 e. The van der Waals surface area contributed by atoms with Gasteiger partial charge in [-0.1, -0.05) is 37.8 Å². The maximum absolute atomic E-state index is 12.1. The van der Waals surface area contributed by atoms with Gasteiger partial charge < -0.3 is 4.98 Å². The van der Waals surface area contributed by atoms with Crippen LogP contribution in [0.4, 0.5) is 0 Å². The average molecular weight is 265 g/mol. The highest BCUT2D eigenvalue weighted by atomic mass is 35.5. The third-order valence-corrected chi connectivity index (χ3v) is 3.40. The van der Waals surface area contributed by atoms with E-state index in [9.17, 15) is 4.79 Å². The van der Waals surface area contributed by atoms with Crippen molar-refractivity contribution in [1.82, 2.24) is 9.97 Å². The summed E-state index contributed by atoms with van der Waals surface area (Å²) in [5, 5.41) is 1.33. The van der Waals surface area contributed by atoms with E-state index in [1.54, 1.807) is 18.5 Å². The summed E-state index contributed by atoms with van der Waals surface area (Å²) >= 11 is 6.12. The fourth-order valence-corrected chi connectivity index (χ4v) is 2.33. The number of ketones is 1. The number of carbonyl (C=O) groups excluding carboxylic acids is 1. The number of nitrogens with zero attached hydrogens (tertiary/aromatic N) is 1. The predicted octanol–water partition coefficient (Wildman–Crippen LogP) is 4.37. The first kappa shape index (κ1) is 13.1. The van der Waals surface area contributed by atoms with Gasteiger partial charge in [0.15, 0.2) is 5.78 Å². The Labute approximate surface area is 112 Å². The molecule has 0 radical (unpaired) electrons. The molecule has 0 atom stereocenters. The van der Waals surface area contributed by atoms with Crippen molar-refractivity contribution < 1.29 is 4.79 Å². The summed E-state index contributed by atoms with van der Waals surface area (Å²) < 4.78 is 0. The molecule has 18 heavy (non-hydrogen) atoms. The van der Waals surface area contributed by atoms with Crippen molar-refractivity contribution in [3.63, 3.8) is 0 Å². The summed E-state index contributed by atoms with van der Waals surface area (Å²) in [6, 6.07) is 1.71. The van der Waals surface area contributed by atoms with Gasteiger partial charge in [0, 0.05) is 29.8 Å². The van der Waals surface area contributed by atoms with E-state index in [1.807, 2.05) is 0 Å². The van der Waals surface area contributed by atoms with Crippen LogP contribution in [0.5, 0.6) is 0 Å². The summed E-state index contributed by atoms with van der Waals surface area (Å²) in [6.07, 6.45) is 8.34. The molecule has 3 nitrogen and oxygen atoms in total. The third-order valence-electron chi connectivity index (χ3n) is 3.08. The van der Waals surface area contributed by atoms with Crippen molar-refractivity contribution >= 4 is 28.4 Å². The normalized spacial score (nSPS) is 11.0. The van der Waals surface area contributed by atoms with E-state index in [4.69, 9.17) is 11.6 Å². The molecule has 0 amide bonds. The molecule has 1 N–H and O–H groups in total. The molecule has 0 spiro atoms. The fourth-order valence-electron chi connectivity index (χ4n) is 2.08. The zero-order valence-electron chi connectivity index (χ0n) is 10.5. The van der Waals surface area contributed by atoms with Crippen molar-refractivity contribution in [3.05, 3.63) is 29.0 Å². The minimum atomic E-state index is 0.146. The van der Waals surface area contributed by atoms with Gasteiger partial charge in [-0.25, -0.2) is 4.98 Å². The predicted molar refractivity (Wildman–Crippen MR) is 74.2 cm³/mol. The second kappa shape index (κ2) is 6.01. The molecule has 96 valence electrons. The number of aromatic amines is 1. The largest absolute Gasteiger partial charge is 0.345 e. The van der Waals surface area contributed by atoms with E-state index >= 15 is 0 Å². The minimum absolute atomic E-state index is 0.146. The Hall–Kier alpha value is -1.35. The lowest BCUT2D eigenvalue weighted by Crippen LogP contribution is -1.98. The van der Waals surface area contributed by atoms with Crippen molar-refractivity contribution in [3.8, 4) is 0 Å². The summed E-state index contributed by atoms with van der Waals surface area (Å²) in [6.45, 7) is 2.16. The third kappa shape index (κ3) is 2.72. The number of Topliss-reactive ketones (excluding diaryl/α,β-unsaturated/α-hetero) is 1. The number of aromatic nitrogens is 2. The average Bonchev–Trinajstić information content (AvgIpc) is 2.80. The molecule has 0 aliphatic heterocycles. The molecular formula is C14H17ClN2O. The van der Waals surface area contributed by atoms with Crippen LogP contribution in [0.15, 0.2) is 18.5 Å². The molecule has 2 rings (SSSR count). The van der Waals surface area contributed by atoms with Gasteiger partial charge in [0.05, 0.1) is 5.02 Å². The molecule has 0 saturated heterocycles. The van der Waals surface area contributed by atoms with Gasteiger partial charge in [-0.2, -0.15) is 0 Å². The Bertz CT molecular complexity index is 548. The first-order valence-corrected chi connectivity index (χ1v) is 6.76. The first-order chi connectivity index (χ1) is 8.74. The molecule has 2 aromatic rings. The lowest BCUT2D eigenvalue weighted by molar-refractivity contribution is 0.0981. The quantitative estimate of drug-likeness (QED) is 0.622. The number of nitrogens with one attached hydrogen (secondary N) is 1. The SMILES string of the molecule is CCCCCCC(=O)c1c[nH]c2nccc(Cl)c12. The zero-order chi connectivity index (χ0) is 13.0. The highest BCUT2D eigenvalue weighted by Gasteiger charge is 2.14. The van der Waals surface area contributed by atoms with E-state index in [0.29, 0.717) is 22.7 Å². The number of hydrogen-bond donors (Lipinski definition) is 1. The Balaban J connectivity index is 2.13. The molecule has 2 aromatic heterocycles. The molecule has 0 fully saturated rings. The second-order valence-corrected chi connectivity index (χ2v) is 4.86. The van der Waals surface area contributed by atoms with Crippen molar-refractivity contribution in [1.29, 1.82) is 0 Å². The van der Waals surface area contributed by atoms with Gasteiger partial charge in [-0.15, -0.1) is 0 Å². The van der Waals surface area contributed by atoms with Crippen molar-refractivity contribution in [2.24, 2.45) is 0 Å². The van der Waals surface area contributed by atoms with Crippen LogP contribution in [0.25, 0.3) is 11.0 Å². The fraction of sp³-hybridized carbons (Fsp3) is 0.429. The Morgan fingerprint density at radius 1 is 1.39 bits per heavy atom. The molecule has 0 bridgehead atoms. The van der Waals surface area contributed by atoms with Crippen LogP contribution in [-0.4, -0.2) is 15.8 Å². The number of fused-ring (bicyclic) bond motifs is 1. The van der Waals surface area contributed by atoms with Crippen molar-refractivity contribution in [2.45, 2.75) is 39.0 Å². The number of H-pyrrole nitrogens is 1. The number of carbonyl (C=O) groups is 1. The van der Waals surface area contributed by atoms with Gasteiger partial charge in [0.25, 0.3) is 0 Å². The maximum atomic E-state index is 12.1. The van der Waals surface area contributed by atoms with Crippen LogP contribution in [0.1, 0.15) is 49.4 Å². The number of halogens is 1. The van der Waals surface area contributed by atoms with E-state index in [2.05, 4.69) is 16.9 Å². The summed E-state index contributed by atoms with van der Waals surface area (Å²) in [4.78, 5) is 19.3. The molecular weight excluding hydrogens is 248 g/mol. The highest BCUT2D eigenvalue weighted by Crippen LogP contribution is 2.26. The van der Waals surface area contributed by atoms with Gasteiger partial charge in [-0.05, 0) is 12.5 Å². The van der Waals surface area contributed by atoms with Crippen LogP contribution >= 0.6 is 11.6 Å². The smallest absolute Gasteiger partial charge is 0.165 e. The number of unbranched alkanes of at least 4 members (excludes halogenated alkanes) is 3. The molecule has 0 aliphatic rings. The molecule has 2 heterocycles. The Kier molecular flexibility index (Phi) is 4.37. The Morgan fingerprint density at radius 3 is 3.00 bits per heavy atom. The monoisotopic (exact) mass is 264 g/mol. The first-order valence-electron chi connectivity index (χ1n) is 6.38. The topological polar surface area (TPSA) is 45.8 Å². The molecule has 0 aromatic carbocycles. The van der Waals surface area contributed by atoms with Crippen molar-refractivity contribution in [2.75, 3.05) is 0 Å². The number of hydrogen-bond acceptors (Lipinski definition) is 2. The van der Waals surface area contributed by atoms with Gasteiger partial charge in [0.1, 0.15) is 5.65 Å². The molecule has 0 unspecified atom stereocenters. The molecule has 4 heteroatoms. The van der Waals surface area contributed by atoms with Crippen LogP contribution in [0.3, 0.4) is 0 Å². The van der Waals surface area contributed by atoms with Crippen LogP contribution in [-0.2, 0) is 0 Å². The van der Waals surface area contributed by atoms with Crippen LogP contribution < -0.4 is 0 Å². The van der Waals surface area contributed by atoms with Gasteiger partial charge in [-0.3, -0.25) is 4.79 Å². The zero-order valence-corrected chi connectivity index (χ0v) is 11.3. The molecule has 0 saturated carbocycles. The second-order valence-electron chi connectivity index (χ2n) is 4.45. The molecule has 0 aliphatic carbocycles. The Morgan fingerprint density at radius 2 is 2.22 bits per heavy atom. The van der Waals surface area contributed by atoms with E-state index in [-0.39, 0.29) is 5.78 Å². The number of rotatable bonds is 6. The van der Waals surface area contributed by atoms with Crippen LogP contribution in [0, 0.1) is 0 Å². The standard InChI is InChI=1S/C14H17ClN2O/c1-2-3-4-5-6-12(18)10-9-17-14-13(10)11(15)7-8-16-14/h7-9H,2-6H2,1H3,(H,16,17). The summed E-state index contributed by atoms with van der Waals surface area (Å²) in [5.74, 6) is 0.146. The van der Waals surface area contributed by atoms with Gasteiger partial charge in [0.2, 0.25) is 0 Å².